The van der Waals surface area contributed by atoms with Crippen molar-refractivity contribution < 1.29 is 9.59 Å². The number of carbonyl (C=O) groups is 2. The van der Waals surface area contributed by atoms with E-state index in [2.05, 4.69) is 30.6 Å². The number of hydrogen-bond acceptors (Lipinski definition) is 8. The summed E-state index contributed by atoms with van der Waals surface area (Å²) in [4.78, 5) is 48.3. The number of amides is 2. The highest BCUT2D eigenvalue weighted by atomic mass is 16.2. The normalized spacial score (nSPS) is 20.7. The Kier molecular flexibility index (Phi) is 5.16. The lowest BCUT2D eigenvalue weighted by Gasteiger charge is -2.20. The highest BCUT2D eigenvalue weighted by Gasteiger charge is 2.35. The molecule has 3 aromatic rings. The van der Waals surface area contributed by atoms with Crippen LogP contribution in [0.25, 0.3) is 22.6 Å². The molecular weight excluding hydrogens is 410 g/mol. The first-order chi connectivity index (χ1) is 15.5. The average molecular weight is 435 g/mol. The zero-order valence-corrected chi connectivity index (χ0v) is 18.1. The molecule has 11 nitrogen and oxygen atoms in total. The van der Waals surface area contributed by atoms with E-state index in [1.165, 1.54) is 6.33 Å². The molecule has 2 saturated heterocycles. The zero-order chi connectivity index (χ0) is 22.2. The van der Waals surface area contributed by atoms with Gasteiger partial charge in [0, 0.05) is 51.0 Å². The fourth-order valence-electron chi connectivity index (χ4n) is 4.38. The molecule has 3 aromatic heterocycles. The summed E-state index contributed by atoms with van der Waals surface area (Å²) in [5.41, 5.74) is 2.24. The number of anilines is 1. The van der Waals surface area contributed by atoms with Crippen LogP contribution in [0.4, 0.5) is 5.82 Å². The average Bonchev–Trinajstić information content (AvgIpc) is 3.52. The minimum Gasteiger partial charge on any atom is -0.364 e. The van der Waals surface area contributed by atoms with Crippen molar-refractivity contribution in [1.82, 2.24) is 39.7 Å². The fraction of sp³-hybridized carbons (Fsp3) is 0.476. The molecule has 2 fully saturated rings. The highest BCUT2D eigenvalue weighted by molar-refractivity contribution is 5.89. The van der Waals surface area contributed by atoms with Crippen LogP contribution in [0.1, 0.15) is 25.6 Å². The quantitative estimate of drug-likeness (QED) is 0.601. The van der Waals surface area contributed by atoms with Crippen LogP contribution >= 0.6 is 0 Å². The maximum absolute atomic E-state index is 12.7. The number of nitrogens with one attached hydrogen (secondary N) is 2. The van der Waals surface area contributed by atoms with E-state index in [9.17, 15) is 9.59 Å². The maximum atomic E-state index is 12.7. The Bertz CT molecular complexity index is 1170. The van der Waals surface area contributed by atoms with Crippen molar-refractivity contribution in [2.75, 3.05) is 25.0 Å². The summed E-state index contributed by atoms with van der Waals surface area (Å²) in [5.74, 6) is 1.82. The number of likely N-dealkylation sites (tertiary alicyclic amines) is 1. The van der Waals surface area contributed by atoms with Gasteiger partial charge in [-0.2, -0.15) is 0 Å². The van der Waals surface area contributed by atoms with Crippen LogP contribution in [0.2, 0.25) is 0 Å². The van der Waals surface area contributed by atoms with Gasteiger partial charge in [-0.15, -0.1) is 0 Å². The van der Waals surface area contributed by atoms with Crippen LogP contribution < -0.4 is 10.6 Å². The number of nitrogens with zero attached hydrogens (tertiary/aromatic N) is 7. The summed E-state index contributed by atoms with van der Waals surface area (Å²) in [6, 6.07) is 0.0556. The predicted octanol–water partition coefficient (Wildman–Crippen LogP) is 0.761. The predicted molar refractivity (Wildman–Crippen MR) is 116 cm³/mol. The first-order valence-electron chi connectivity index (χ1n) is 10.9. The van der Waals surface area contributed by atoms with Gasteiger partial charge in [-0.3, -0.25) is 9.59 Å². The van der Waals surface area contributed by atoms with Crippen LogP contribution in [0, 0.1) is 12.8 Å². The summed E-state index contributed by atoms with van der Waals surface area (Å²) < 4.78 is 2.02. The Morgan fingerprint density at radius 2 is 2.06 bits per heavy atom. The van der Waals surface area contributed by atoms with Crippen molar-refractivity contribution >= 4 is 28.8 Å². The minimum absolute atomic E-state index is 0.0393. The number of aryl methyl sites for hydroxylation is 2. The highest BCUT2D eigenvalue weighted by Crippen LogP contribution is 2.27. The van der Waals surface area contributed by atoms with E-state index in [1.807, 2.05) is 23.3 Å². The Morgan fingerprint density at radius 3 is 2.78 bits per heavy atom. The molecule has 166 valence electrons. The van der Waals surface area contributed by atoms with E-state index >= 15 is 0 Å². The van der Waals surface area contributed by atoms with Crippen molar-refractivity contribution in [3.8, 4) is 11.4 Å². The first kappa shape index (κ1) is 20.3. The van der Waals surface area contributed by atoms with Gasteiger partial charge in [0.05, 0.1) is 11.5 Å². The van der Waals surface area contributed by atoms with Gasteiger partial charge >= 0.3 is 0 Å². The molecule has 0 radical (unpaired) electrons. The third-order valence-corrected chi connectivity index (χ3v) is 6.05. The second-order valence-electron chi connectivity index (χ2n) is 8.21. The van der Waals surface area contributed by atoms with Crippen LogP contribution in [0.15, 0.2) is 18.7 Å². The standard InChI is InChI=1S/C21H25N9O2/c1-3-30-19(14-8-22-12(2)23-9-14)28-17-18(25-11-26-20(17)30)27-15-4-5-29(10-15)21(32)13-6-16(31)24-7-13/h8-9,11,13,15H,3-7,10H2,1-2H3,(H,24,31)(H,25,26,27)/t13?,15-/m0/s1. The summed E-state index contributed by atoms with van der Waals surface area (Å²) >= 11 is 0. The summed E-state index contributed by atoms with van der Waals surface area (Å²) in [6.45, 7) is 6.23. The van der Waals surface area contributed by atoms with Crippen LogP contribution in [0.3, 0.4) is 0 Å². The van der Waals surface area contributed by atoms with E-state index in [0.29, 0.717) is 43.3 Å². The molecule has 1 unspecified atom stereocenters. The smallest absolute Gasteiger partial charge is 0.228 e. The lowest BCUT2D eigenvalue weighted by Crippen LogP contribution is -2.37. The second-order valence-corrected chi connectivity index (χ2v) is 8.21. The van der Waals surface area contributed by atoms with E-state index in [-0.39, 0.29) is 30.2 Å². The van der Waals surface area contributed by atoms with E-state index < -0.39 is 0 Å². The molecule has 0 spiro atoms. The molecule has 2 aliphatic heterocycles. The Balaban J connectivity index is 1.37. The van der Waals surface area contributed by atoms with Crippen molar-refractivity contribution in [3.05, 3.63) is 24.5 Å². The van der Waals surface area contributed by atoms with Gasteiger partial charge in [-0.05, 0) is 20.3 Å². The largest absolute Gasteiger partial charge is 0.364 e. The van der Waals surface area contributed by atoms with Crippen molar-refractivity contribution in [3.63, 3.8) is 0 Å². The number of hydrogen-bond donors (Lipinski definition) is 2. The molecule has 0 saturated carbocycles. The molecular formula is C21H25N9O2. The van der Waals surface area contributed by atoms with Crippen molar-refractivity contribution in [1.29, 1.82) is 0 Å². The third-order valence-electron chi connectivity index (χ3n) is 6.05. The minimum atomic E-state index is -0.258. The Labute approximate surface area is 184 Å². The fourth-order valence-corrected chi connectivity index (χ4v) is 4.38. The lowest BCUT2D eigenvalue weighted by molar-refractivity contribution is -0.134. The molecule has 0 aromatic carbocycles. The first-order valence-corrected chi connectivity index (χ1v) is 10.9. The second kappa shape index (κ2) is 8.13. The zero-order valence-electron chi connectivity index (χ0n) is 18.1. The molecule has 5 rings (SSSR count). The molecule has 11 heteroatoms. The molecule has 2 atom stereocenters. The molecule has 32 heavy (non-hydrogen) atoms. The third kappa shape index (κ3) is 3.63. The lowest BCUT2D eigenvalue weighted by atomic mass is 10.1. The molecule has 0 bridgehead atoms. The number of imidazole rings is 1. The number of rotatable bonds is 5. The molecule has 2 amide bonds. The molecule has 2 aliphatic rings. The van der Waals surface area contributed by atoms with Crippen LogP contribution in [-0.4, -0.2) is 71.9 Å². The number of fused-ring (bicyclic) bond motifs is 1. The Morgan fingerprint density at radius 1 is 1.25 bits per heavy atom. The van der Waals surface area contributed by atoms with Gasteiger partial charge in [-0.1, -0.05) is 0 Å². The van der Waals surface area contributed by atoms with Gasteiger partial charge in [-0.25, -0.2) is 24.9 Å². The maximum Gasteiger partial charge on any atom is 0.228 e. The molecule has 2 N–H and O–H groups in total. The van der Waals surface area contributed by atoms with Gasteiger partial charge in [0.1, 0.15) is 18.0 Å². The topological polar surface area (TPSA) is 131 Å². The SMILES string of the molecule is CCn1c(-c2cnc(C)nc2)nc2c(N[C@H]3CCN(C(=O)C4CNC(=O)C4)C3)ncnc21. The van der Waals surface area contributed by atoms with E-state index in [4.69, 9.17) is 4.98 Å². The van der Waals surface area contributed by atoms with Crippen molar-refractivity contribution in [2.45, 2.75) is 39.3 Å². The monoisotopic (exact) mass is 435 g/mol. The van der Waals surface area contributed by atoms with Crippen LogP contribution in [0.5, 0.6) is 0 Å². The van der Waals surface area contributed by atoms with Gasteiger partial charge < -0.3 is 20.1 Å². The van der Waals surface area contributed by atoms with Crippen LogP contribution in [-0.2, 0) is 16.1 Å². The summed E-state index contributed by atoms with van der Waals surface area (Å²) in [6.07, 6.45) is 6.14. The molecule has 0 aliphatic carbocycles. The van der Waals surface area contributed by atoms with Gasteiger partial charge in [0.2, 0.25) is 11.8 Å². The van der Waals surface area contributed by atoms with E-state index in [1.54, 1.807) is 12.4 Å². The summed E-state index contributed by atoms with van der Waals surface area (Å²) in [5, 5.41) is 6.19. The van der Waals surface area contributed by atoms with Gasteiger partial charge in [0.15, 0.2) is 17.0 Å². The van der Waals surface area contributed by atoms with Gasteiger partial charge in [0.25, 0.3) is 0 Å². The Hall–Kier alpha value is -3.63. The van der Waals surface area contributed by atoms with E-state index in [0.717, 1.165) is 23.5 Å². The number of aromatic nitrogens is 6. The molecule has 5 heterocycles. The number of carbonyl (C=O) groups excluding carboxylic acids is 2. The van der Waals surface area contributed by atoms with Crippen molar-refractivity contribution in [2.24, 2.45) is 5.92 Å². The summed E-state index contributed by atoms with van der Waals surface area (Å²) in [7, 11) is 0.